The van der Waals surface area contributed by atoms with Crippen LogP contribution in [0.3, 0.4) is 0 Å². The minimum Gasteiger partial charge on any atom is -0.350 e. The molecule has 2 aliphatic heterocycles. The number of piperidine rings is 1. The number of amides is 4. The molecule has 2 aliphatic rings. The molecule has 1 spiro atoms. The molecule has 0 radical (unpaired) electrons. The predicted molar refractivity (Wildman–Crippen MR) is 136 cm³/mol. The zero-order valence-electron chi connectivity index (χ0n) is 20.7. The van der Waals surface area contributed by atoms with Crippen LogP contribution < -0.4 is 15.5 Å². The van der Waals surface area contributed by atoms with Crippen molar-refractivity contribution in [3.63, 3.8) is 0 Å². The topological polar surface area (TPSA) is 85.0 Å². The normalized spacial score (nSPS) is 16.9. The van der Waals surface area contributed by atoms with E-state index < -0.39 is 5.54 Å². The smallest absolute Gasteiger partial charge is 0.317 e. The maximum Gasteiger partial charge on any atom is 0.317 e. The molecular weight excluding hydrogens is 461 g/mol. The molecule has 4 amide bonds. The molecule has 4 rings (SSSR count). The SMILES string of the molecule is CCCCNC(=O)N1CCC2(CC1)C(=O)N(CC(=O)NCc1ccc(F)cc1)CN2c1ccccc1. The molecule has 0 aromatic heterocycles. The molecule has 2 aromatic carbocycles. The van der Waals surface area contributed by atoms with Crippen molar-refractivity contribution in [1.29, 1.82) is 0 Å². The van der Waals surface area contributed by atoms with Gasteiger partial charge >= 0.3 is 6.03 Å². The van der Waals surface area contributed by atoms with E-state index in [1.54, 1.807) is 21.9 Å². The maximum atomic E-state index is 13.7. The van der Waals surface area contributed by atoms with Crippen molar-refractivity contribution in [3.8, 4) is 0 Å². The summed E-state index contributed by atoms with van der Waals surface area (Å²) in [5.74, 6) is -0.691. The van der Waals surface area contributed by atoms with Gasteiger partial charge in [0.1, 0.15) is 17.9 Å². The van der Waals surface area contributed by atoms with Gasteiger partial charge < -0.3 is 25.3 Å². The molecule has 192 valence electrons. The summed E-state index contributed by atoms with van der Waals surface area (Å²) in [5, 5.41) is 5.78. The highest BCUT2D eigenvalue weighted by molar-refractivity contribution is 5.96. The Hall–Kier alpha value is -3.62. The van der Waals surface area contributed by atoms with E-state index in [9.17, 15) is 18.8 Å². The van der Waals surface area contributed by atoms with Crippen molar-refractivity contribution < 1.29 is 18.8 Å². The van der Waals surface area contributed by atoms with Crippen LogP contribution in [0, 0.1) is 5.82 Å². The molecule has 2 aromatic rings. The third-order valence-corrected chi connectivity index (χ3v) is 7.00. The van der Waals surface area contributed by atoms with Crippen molar-refractivity contribution in [1.82, 2.24) is 20.4 Å². The fraction of sp³-hybridized carbons (Fsp3) is 0.444. The first-order chi connectivity index (χ1) is 17.4. The minimum absolute atomic E-state index is 0.0632. The zero-order valence-corrected chi connectivity index (χ0v) is 20.7. The van der Waals surface area contributed by atoms with Crippen molar-refractivity contribution in [2.24, 2.45) is 0 Å². The third-order valence-electron chi connectivity index (χ3n) is 7.00. The molecule has 0 aliphatic carbocycles. The Balaban J connectivity index is 1.43. The first-order valence-electron chi connectivity index (χ1n) is 12.6. The lowest BCUT2D eigenvalue weighted by Crippen LogP contribution is -2.58. The highest BCUT2D eigenvalue weighted by Crippen LogP contribution is 2.39. The number of nitrogens with one attached hydrogen (secondary N) is 2. The standard InChI is InChI=1S/C27H34FN5O3/c1-2-3-15-29-26(36)31-16-13-27(14-17-31)25(35)32(20-33(27)23-7-5-4-6-8-23)19-24(34)30-18-21-9-11-22(28)12-10-21/h4-12H,2-3,13-20H2,1H3,(H,29,36)(H,30,34). The van der Waals surface area contributed by atoms with E-state index in [0.29, 0.717) is 39.1 Å². The quantitative estimate of drug-likeness (QED) is 0.552. The van der Waals surface area contributed by atoms with Gasteiger partial charge in [-0.25, -0.2) is 9.18 Å². The monoisotopic (exact) mass is 495 g/mol. The van der Waals surface area contributed by atoms with Gasteiger partial charge in [-0.15, -0.1) is 0 Å². The molecule has 0 unspecified atom stereocenters. The highest BCUT2D eigenvalue weighted by Gasteiger charge is 2.54. The Labute approximate surface area is 211 Å². The van der Waals surface area contributed by atoms with Crippen LogP contribution in [0.25, 0.3) is 0 Å². The molecule has 0 saturated carbocycles. The van der Waals surface area contributed by atoms with Crippen LogP contribution in [0.1, 0.15) is 38.2 Å². The molecular formula is C27H34FN5O3. The van der Waals surface area contributed by atoms with Crippen LogP contribution in [-0.2, 0) is 16.1 Å². The fourth-order valence-electron chi connectivity index (χ4n) is 4.92. The minimum atomic E-state index is -0.793. The highest BCUT2D eigenvalue weighted by atomic mass is 19.1. The van der Waals surface area contributed by atoms with Crippen molar-refractivity contribution in [2.75, 3.05) is 37.7 Å². The number of hydrogen-bond donors (Lipinski definition) is 2. The van der Waals surface area contributed by atoms with Crippen LogP contribution in [-0.4, -0.2) is 66.0 Å². The Kier molecular flexibility index (Phi) is 8.07. The van der Waals surface area contributed by atoms with E-state index in [2.05, 4.69) is 22.5 Å². The van der Waals surface area contributed by atoms with E-state index in [1.807, 2.05) is 30.3 Å². The maximum absolute atomic E-state index is 13.7. The second kappa shape index (κ2) is 11.4. The van der Waals surface area contributed by atoms with E-state index in [1.165, 1.54) is 12.1 Å². The van der Waals surface area contributed by atoms with Crippen LogP contribution >= 0.6 is 0 Å². The lowest BCUT2D eigenvalue weighted by Gasteiger charge is -2.43. The molecule has 36 heavy (non-hydrogen) atoms. The summed E-state index contributed by atoms with van der Waals surface area (Å²) in [5.41, 5.74) is 0.907. The van der Waals surface area contributed by atoms with Crippen LogP contribution in [0.2, 0.25) is 0 Å². The Bertz CT molecular complexity index is 1050. The van der Waals surface area contributed by atoms with Crippen LogP contribution in [0.15, 0.2) is 54.6 Å². The van der Waals surface area contributed by atoms with Gasteiger partial charge in [-0.1, -0.05) is 43.7 Å². The molecule has 2 saturated heterocycles. The number of benzene rings is 2. The average Bonchev–Trinajstić information content (AvgIpc) is 3.15. The second-order valence-corrected chi connectivity index (χ2v) is 9.42. The van der Waals surface area contributed by atoms with Gasteiger partial charge in [-0.05, 0) is 49.1 Å². The number of unbranched alkanes of at least 4 members (excludes halogenated alkanes) is 1. The number of halogens is 1. The summed E-state index contributed by atoms with van der Waals surface area (Å²) in [7, 11) is 0. The number of likely N-dealkylation sites (tertiary alicyclic amines) is 1. The van der Waals surface area contributed by atoms with E-state index in [0.717, 1.165) is 24.1 Å². The second-order valence-electron chi connectivity index (χ2n) is 9.42. The van der Waals surface area contributed by atoms with E-state index in [4.69, 9.17) is 0 Å². The Morgan fingerprint density at radius 2 is 1.69 bits per heavy atom. The van der Waals surface area contributed by atoms with Crippen LogP contribution in [0.5, 0.6) is 0 Å². The number of urea groups is 1. The lowest BCUT2D eigenvalue weighted by atomic mass is 9.85. The van der Waals surface area contributed by atoms with Crippen molar-refractivity contribution >= 4 is 23.5 Å². The van der Waals surface area contributed by atoms with Gasteiger partial charge in [0.2, 0.25) is 5.91 Å². The number of carbonyl (C=O) groups is 3. The average molecular weight is 496 g/mol. The molecule has 9 heteroatoms. The van der Waals surface area contributed by atoms with Crippen molar-refractivity contribution in [2.45, 2.75) is 44.7 Å². The van der Waals surface area contributed by atoms with Gasteiger partial charge in [0.15, 0.2) is 0 Å². The van der Waals surface area contributed by atoms with Gasteiger partial charge in [0, 0.05) is 31.9 Å². The summed E-state index contributed by atoms with van der Waals surface area (Å²) in [6, 6.07) is 15.6. The lowest BCUT2D eigenvalue weighted by molar-refractivity contribution is -0.137. The summed E-state index contributed by atoms with van der Waals surface area (Å²) in [4.78, 5) is 44.4. The summed E-state index contributed by atoms with van der Waals surface area (Å²) >= 11 is 0. The zero-order chi connectivity index (χ0) is 25.5. The largest absolute Gasteiger partial charge is 0.350 e. The van der Waals surface area contributed by atoms with Gasteiger partial charge in [0.25, 0.3) is 5.91 Å². The molecule has 2 N–H and O–H groups in total. The Morgan fingerprint density at radius 1 is 1.00 bits per heavy atom. The summed E-state index contributed by atoms with van der Waals surface area (Å²) < 4.78 is 13.1. The molecule has 2 heterocycles. The van der Waals surface area contributed by atoms with Gasteiger partial charge in [-0.2, -0.15) is 0 Å². The number of rotatable bonds is 8. The predicted octanol–water partition coefficient (Wildman–Crippen LogP) is 3.09. The number of carbonyl (C=O) groups excluding carboxylic acids is 3. The molecule has 0 atom stereocenters. The molecule has 8 nitrogen and oxygen atoms in total. The third kappa shape index (κ3) is 5.61. The Morgan fingerprint density at radius 3 is 2.36 bits per heavy atom. The van der Waals surface area contributed by atoms with Crippen LogP contribution in [0.4, 0.5) is 14.9 Å². The number of nitrogens with zero attached hydrogens (tertiary/aromatic N) is 3. The summed E-state index contributed by atoms with van der Waals surface area (Å²) in [6.45, 7) is 4.16. The number of hydrogen-bond acceptors (Lipinski definition) is 4. The molecule has 2 fully saturated rings. The van der Waals surface area contributed by atoms with Gasteiger partial charge in [-0.3, -0.25) is 9.59 Å². The molecule has 0 bridgehead atoms. The first-order valence-corrected chi connectivity index (χ1v) is 12.6. The summed E-state index contributed by atoms with van der Waals surface area (Å²) in [6.07, 6.45) is 2.93. The van der Waals surface area contributed by atoms with Gasteiger partial charge in [0.05, 0.1) is 6.67 Å². The van der Waals surface area contributed by atoms with E-state index >= 15 is 0 Å². The first kappa shape index (κ1) is 25.5. The van der Waals surface area contributed by atoms with E-state index in [-0.39, 0.29) is 36.8 Å². The number of anilines is 1. The number of para-hydroxylation sites is 1. The fourth-order valence-corrected chi connectivity index (χ4v) is 4.92. The van der Waals surface area contributed by atoms with Crippen molar-refractivity contribution in [3.05, 3.63) is 66.0 Å².